The fraction of sp³-hybridized carbons (Fsp3) is 0.435. The van der Waals surface area contributed by atoms with Crippen LogP contribution in [-0.4, -0.2) is 49.8 Å². The van der Waals surface area contributed by atoms with Gasteiger partial charge in [-0.05, 0) is 57.0 Å². The molecule has 9 heteroatoms. The Morgan fingerprint density at radius 2 is 1.53 bits per heavy atom. The van der Waals surface area contributed by atoms with Crippen LogP contribution in [0.3, 0.4) is 0 Å². The van der Waals surface area contributed by atoms with E-state index in [9.17, 15) is 14.4 Å². The molecule has 1 aromatic heterocycles. The Kier molecular flexibility index (Phi) is 9.59. The van der Waals surface area contributed by atoms with Crippen molar-refractivity contribution >= 4 is 17.9 Å². The minimum Gasteiger partial charge on any atom is -0.497 e. The van der Waals surface area contributed by atoms with Crippen molar-refractivity contribution in [3.05, 3.63) is 46.8 Å². The van der Waals surface area contributed by atoms with Crippen LogP contribution in [0.1, 0.15) is 58.8 Å². The molecule has 174 valence electrons. The second-order valence-electron chi connectivity index (χ2n) is 6.71. The Morgan fingerprint density at radius 1 is 0.906 bits per heavy atom. The van der Waals surface area contributed by atoms with Gasteiger partial charge in [-0.3, -0.25) is 4.79 Å². The quantitative estimate of drug-likeness (QED) is 0.298. The maximum Gasteiger partial charge on any atom is 0.355 e. The molecule has 0 aliphatic carbocycles. The van der Waals surface area contributed by atoms with Crippen molar-refractivity contribution in [1.29, 1.82) is 0 Å². The van der Waals surface area contributed by atoms with E-state index >= 15 is 0 Å². The van der Waals surface area contributed by atoms with Crippen molar-refractivity contribution in [2.24, 2.45) is 0 Å². The average molecular weight is 447 g/mol. The molecule has 0 radical (unpaired) electrons. The van der Waals surface area contributed by atoms with Crippen LogP contribution in [0.2, 0.25) is 0 Å². The van der Waals surface area contributed by atoms with Gasteiger partial charge in [0.05, 0.1) is 38.2 Å². The molecular formula is C23H29NO8. The Hall–Kier alpha value is -3.49. The lowest BCUT2D eigenvalue weighted by Gasteiger charge is -2.08. The predicted octanol–water partition coefficient (Wildman–Crippen LogP) is 3.59. The lowest BCUT2D eigenvalue weighted by molar-refractivity contribution is -0.145. The number of benzene rings is 1. The molecule has 9 nitrogen and oxygen atoms in total. The highest BCUT2D eigenvalue weighted by Gasteiger charge is 2.26. The smallest absolute Gasteiger partial charge is 0.355 e. The van der Waals surface area contributed by atoms with E-state index in [1.807, 2.05) is 0 Å². The number of nitrogens with one attached hydrogen (secondary N) is 1. The third-order valence-corrected chi connectivity index (χ3v) is 4.52. The largest absolute Gasteiger partial charge is 0.497 e. The zero-order valence-corrected chi connectivity index (χ0v) is 18.8. The summed E-state index contributed by atoms with van der Waals surface area (Å²) in [4.78, 5) is 39.5. The molecule has 1 heterocycles. The molecule has 0 unspecified atom stereocenters. The SMILES string of the molecule is CCOC(=O)c1[nH]c(COC(=O)CCCOc2ccc(OC)cc2)c(C(=O)OCC)c1C. The number of carbonyl (C=O) groups excluding carboxylic acids is 3. The summed E-state index contributed by atoms with van der Waals surface area (Å²) in [6, 6.07) is 7.13. The van der Waals surface area contributed by atoms with Crippen molar-refractivity contribution in [3.63, 3.8) is 0 Å². The molecule has 2 rings (SSSR count). The molecule has 0 aliphatic heterocycles. The molecule has 0 spiro atoms. The van der Waals surface area contributed by atoms with Gasteiger partial charge in [0.25, 0.3) is 0 Å². The zero-order valence-electron chi connectivity index (χ0n) is 18.8. The van der Waals surface area contributed by atoms with Gasteiger partial charge in [-0.25, -0.2) is 9.59 Å². The Bertz CT molecular complexity index is 917. The molecule has 32 heavy (non-hydrogen) atoms. The highest BCUT2D eigenvalue weighted by Crippen LogP contribution is 2.22. The first kappa shape index (κ1) is 24.8. The Labute approximate surface area is 186 Å². The first-order valence-electron chi connectivity index (χ1n) is 10.4. The summed E-state index contributed by atoms with van der Waals surface area (Å²) in [6.07, 6.45) is 0.586. The lowest BCUT2D eigenvalue weighted by atomic mass is 10.1. The zero-order chi connectivity index (χ0) is 23.5. The first-order chi connectivity index (χ1) is 15.4. The van der Waals surface area contributed by atoms with E-state index in [1.165, 1.54) is 0 Å². The second kappa shape index (κ2) is 12.4. The Morgan fingerprint density at radius 3 is 2.16 bits per heavy atom. The third-order valence-electron chi connectivity index (χ3n) is 4.52. The van der Waals surface area contributed by atoms with Gasteiger partial charge in [0.1, 0.15) is 23.8 Å². The number of H-pyrrole nitrogens is 1. The van der Waals surface area contributed by atoms with E-state index in [0.29, 0.717) is 24.3 Å². The van der Waals surface area contributed by atoms with E-state index < -0.39 is 17.9 Å². The fourth-order valence-corrected chi connectivity index (χ4v) is 2.96. The maximum atomic E-state index is 12.4. The summed E-state index contributed by atoms with van der Waals surface area (Å²) >= 11 is 0. The van der Waals surface area contributed by atoms with Gasteiger partial charge >= 0.3 is 17.9 Å². The molecule has 0 fully saturated rings. The van der Waals surface area contributed by atoms with E-state index in [0.717, 1.165) is 5.75 Å². The van der Waals surface area contributed by atoms with Gasteiger partial charge < -0.3 is 28.7 Å². The summed E-state index contributed by atoms with van der Waals surface area (Å²) in [5.41, 5.74) is 0.979. The summed E-state index contributed by atoms with van der Waals surface area (Å²) in [6.45, 7) is 5.47. The van der Waals surface area contributed by atoms with E-state index in [-0.39, 0.29) is 43.2 Å². The van der Waals surface area contributed by atoms with E-state index in [4.69, 9.17) is 23.7 Å². The van der Waals surface area contributed by atoms with Gasteiger partial charge in [0.2, 0.25) is 0 Å². The molecule has 1 aromatic carbocycles. The highest BCUT2D eigenvalue weighted by molar-refractivity contribution is 5.98. The van der Waals surface area contributed by atoms with Crippen molar-refractivity contribution in [2.45, 2.75) is 40.2 Å². The van der Waals surface area contributed by atoms with Gasteiger partial charge in [0.15, 0.2) is 0 Å². The minimum atomic E-state index is -0.601. The molecule has 0 aliphatic rings. The summed E-state index contributed by atoms with van der Waals surface area (Å²) in [7, 11) is 1.59. The lowest BCUT2D eigenvalue weighted by Crippen LogP contribution is -2.11. The highest BCUT2D eigenvalue weighted by atomic mass is 16.5. The van der Waals surface area contributed by atoms with E-state index in [2.05, 4.69) is 4.98 Å². The van der Waals surface area contributed by atoms with Gasteiger partial charge in [-0.2, -0.15) is 0 Å². The molecular weight excluding hydrogens is 418 g/mol. The average Bonchev–Trinajstić information content (AvgIpc) is 3.12. The number of aromatic nitrogens is 1. The summed E-state index contributed by atoms with van der Waals surface area (Å²) < 4.78 is 26.0. The number of carbonyl (C=O) groups is 3. The van der Waals surface area contributed by atoms with Crippen molar-refractivity contribution < 1.29 is 38.1 Å². The number of hydrogen-bond donors (Lipinski definition) is 1. The number of esters is 3. The van der Waals surface area contributed by atoms with Gasteiger partial charge in [0, 0.05) is 6.42 Å². The van der Waals surface area contributed by atoms with Crippen LogP contribution in [0, 0.1) is 6.92 Å². The number of ether oxygens (including phenoxy) is 5. The number of rotatable bonds is 12. The molecule has 0 atom stereocenters. The van der Waals surface area contributed by atoms with Crippen LogP contribution in [0.15, 0.2) is 24.3 Å². The third kappa shape index (κ3) is 6.76. The van der Waals surface area contributed by atoms with Crippen LogP contribution < -0.4 is 9.47 Å². The van der Waals surface area contributed by atoms with Crippen LogP contribution >= 0.6 is 0 Å². The topological polar surface area (TPSA) is 113 Å². The van der Waals surface area contributed by atoms with Crippen LogP contribution in [-0.2, 0) is 25.6 Å². The van der Waals surface area contributed by atoms with Crippen molar-refractivity contribution in [3.8, 4) is 11.5 Å². The van der Waals surface area contributed by atoms with E-state index in [1.54, 1.807) is 52.1 Å². The normalized spacial score (nSPS) is 10.4. The number of hydrogen-bond acceptors (Lipinski definition) is 8. The van der Waals surface area contributed by atoms with Crippen LogP contribution in [0.25, 0.3) is 0 Å². The summed E-state index contributed by atoms with van der Waals surface area (Å²) in [5, 5.41) is 0. The predicted molar refractivity (Wildman–Crippen MR) is 115 cm³/mol. The molecule has 2 aromatic rings. The monoisotopic (exact) mass is 447 g/mol. The van der Waals surface area contributed by atoms with Crippen LogP contribution in [0.4, 0.5) is 0 Å². The molecule has 0 bridgehead atoms. The van der Waals surface area contributed by atoms with Crippen LogP contribution in [0.5, 0.6) is 11.5 Å². The maximum absolute atomic E-state index is 12.4. The fourth-order valence-electron chi connectivity index (χ4n) is 2.96. The first-order valence-corrected chi connectivity index (χ1v) is 10.4. The van der Waals surface area contributed by atoms with Crippen molar-refractivity contribution in [2.75, 3.05) is 26.9 Å². The molecule has 0 amide bonds. The minimum absolute atomic E-state index is 0.133. The number of aromatic amines is 1. The van der Waals surface area contributed by atoms with Gasteiger partial charge in [-0.15, -0.1) is 0 Å². The summed E-state index contributed by atoms with van der Waals surface area (Å²) in [5.74, 6) is -0.247. The Balaban J connectivity index is 1.91. The van der Waals surface area contributed by atoms with Crippen molar-refractivity contribution in [1.82, 2.24) is 4.98 Å². The van der Waals surface area contributed by atoms with Gasteiger partial charge in [-0.1, -0.05) is 0 Å². The molecule has 1 N–H and O–H groups in total. The molecule has 0 saturated carbocycles. The molecule has 0 saturated heterocycles. The number of methoxy groups -OCH3 is 1. The second-order valence-corrected chi connectivity index (χ2v) is 6.71. The standard InChI is InChI=1S/C23H29NO8/c1-5-29-22(26)20-15(3)21(23(27)30-6-2)24-18(20)14-32-19(25)8-7-13-31-17-11-9-16(28-4)10-12-17/h9-12,24H,5-8,13-14H2,1-4H3.